The Labute approximate surface area is 164 Å². The van der Waals surface area contributed by atoms with Crippen LogP contribution in [0, 0.1) is 11.3 Å². The third-order valence-corrected chi connectivity index (χ3v) is 6.02. The maximum Gasteiger partial charge on any atom is 0.238 e. The second kappa shape index (κ2) is 6.57. The normalized spacial score (nSPS) is 21.2. The minimum absolute atomic E-state index is 0.0674. The Kier molecular flexibility index (Phi) is 4.02. The van der Waals surface area contributed by atoms with Gasteiger partial charge in [-0.15, -0.1) is 0 Å². The van der Waals surface area contributed by atoms with Crippen LogP contribution < -0.4 is 10.2 Å². The molecule has 3 aliphatic rings. The molecule has 1 aromatic carbocycles. The lowest BCUT2D eigenvalue weighted by Crippen LogP contribution is -2.45. The minimum Gasteiger partial charge on any atom is -0.338 e. The van der Waals surface area contributed by atoms with Gasteiger partial charge < -0.3 is 15.1 Å². The number of nitriles is 1. The van der Waals surface area contributed by atoms with Crippen molar-refractivity contribution >= 4 is 17.5 Å². The number of nitrogens with one attached hydrogen (secondary N) is 1. The number of anilines is 2. The van der Waals surface area contributed by atoms with E-state index < -0.39 is 5.92 Å². The smallest absolute Gasteiger partial charge is 0.238 e. The molecule has 1 unspecified atom stereocenters. The molecule has 1 N–H and O–H groups in total. The molecule has 0 saturated carbocycles. The highest BCUT2D eigenvalue weighted by molar-refractivity contribution is 6.05. The number of piperazine rings is 1. The minimum atomic E-state index is -0.468. The highest BCUT2D eigenvalue weighted by Crippen LogP contribution is 2.40. The summed E-state index contributed by atoms with van der Waals surface area (Å²) in [5, 5.41) is 12.3. The molecule has 0 radical (unpaired) electrons. The van der Waals surface area contributed by atoms with Crippen LogP contribution in [0.1, 0.15) is 40.4 Å². The van der Waals surface area contributed by atoms with Crippen molar-refractivity contribution in [1.29, 1.82) is 5.26 Å². The van der Waals surface area contributed by atoms with E-state index in [0.29, 0.717) is 5.56 Å². The number of fused-ring (bicyclic) bond motifs is 2. The molecule has 28 heavy (non-hydrogen) atoms. The van der Waals surface area contributed by atoms with Crippen molar-refractivity contribution in [3.63, 3.8) is 0 Å². The average molecular weight is 374 g/mol. The summed E-state index contributed by atoms with van der Waals surface area (Å²) in [6, 6.07) is 7.55. The van der Waals surface area contributed by atoms with Crippen LogP contribution in [0.2, 0.25) is 0 Å². The third-order valence-electron chi connectivity index (χ3n) is 6.02. The molecule has 142 valence electrons. The van der Waals surface area contributed by atoms with Gasteiger partial charge in [-0.2, -0.15) is 5.26 Å². The Hall–Kier alpha value is -2.98. The van der Waals surface area contributed by atoms with Gasteiger partial charge in [0, 0.05) is 37.6 Å². The van der Waals surface area contributed by atoms with Crippen LogP contribution in [0.4, 0.5) is 11.6 Å². The standard InChI is InChI=1S/C21H22N6O/c1-26-7-9-27(10-8-26)21-24-16-4-2-3-14(16)19(25-21)18-15-11-13(12-22)5-6-17(15)23-20(18)28/h5-6,11,18H,2-4,7-10H2,1H3,(H,23,28). The van der Waals surface area contributed by atoms with E-state index in [1.807, 2.05) is 12.1 Å². The monoisotopic (exact) mass is 374 g/mol. The Balaban J connectivity index is 1.61. The van der Waals surface area contributed by atoms with E-state index in [0.717, 1.165) is 79.6 Å². The van der Waals surface area contributed by atoms with Crippen molar-refractivity contribution in [1.82, 2.24) is 14.9 Å². The van der Waals surface area contributed by atoms with E-state index in [1.54, 1.807) is 6.07 Å². The van der Waals surface area contributed by atoms with E-state index in [4.69, 9.17) is 9.97 Å². The Bertz CT molecular complexity index is 1000. The fraction of sp³-hybridized carbons (Fsp3) is 0.429. The molecule has 0 bridgehead atoms. The third kappa shape index (κ3) is 2.72. The van der Waals surface area contributed by atoms with Crippen molar-refractivity contribution in [2.24, 2.45) is 0 Å². The van der Waals surface area contributed by atoms with Gasteiger partial charge in [0.15, 0.2) is 0 Å². The van der Waals surface area contributed by atoms with Gasteiger partial charge in [-0.1, -0.05) is 0 Å². The molecular formula is C21H22N6O. The first-order valence-electron chi connectivity index (χ1n) is 9.82. The first kappa shape index (κ1) is 17.1. The number of hydrogen-bond donors (Lipinski definition) is 1. The lowest BCUT2D eigenvalue weighted by atomic mass is 9.92. The number of rotatable bonds is 2. The number of likely N-dealkylation sites (N-methyl/N-ethyl adjacent to an activating group) is 1. The molecule has 1 amide bonds. The quantitative estimate of drug-likeness (QED) is 0.861. The van der Waals surface area contributed by atoms with Gasteiger partial charge in [0.05, 0.1) is 17.3 Å². The van der Waals surface area contributed by atoms with Crippen LogP contribution in [0.15, 0.2) is 18.2 Å². The van der Waals surface area contributed by atoms with Crippen molar-refractivity contribution in [2.75, 3.05) is 43.4 Å². The highest BCUT2D eigenvalue weighted by atomic mass is 16.2. The van der Waals surface area contributed by atoms with E-state index in [9.17, 15) is 10.1 Å². The number of aromatic nitrogens is 2. The molecule has 0 spiro atoms. The van der Waals surface area contributed by atoms with Crippen LogP contribution in [-0.4, -0.2) is 54.0 Å². The summed E-state index contributed by atoms with van der Waals surface area (Å²) in [6.07, 6.45) is 2.89. The maximum absolute atomic E-state index is 12.9. The highest BCUT2D eigenvalue weighted by Gasteiger charge is 2.37. The summed E-state index contributed by atoms with van der Waals surface area (Å²) in [7, 11) is 2.12. The summed E-state index contributed by atoms with van der Waals surface area (Å²) in [4.78, 5) is 27.2. The van der Waals surface area contributed by atoms with Crippen LogP contribution >= 0.6 is 0 Å². The largest absolute Gasteiger partial charge is 0.338 e. The van der Waals surface area contributed by atoms with Crippen LogP contribution in [0.3, 0.4) is 0 Å². The van der Waals surface area contributed by atoms with Gasteiger partial charge in [0.2, 0.25) is 11.9 Å². The van der Waals surface area contributed by atoms with Crippen molar-refractivity contribution in [3.8, 4) is 6.07 Å². The number of nitrogens with zero attached hydrogens (tertiary/aromatic N) is 5. The molecule has 1 fully saturated rings. The maximum atomic E-state index is 12.9. The number of hydrogen-bond acceptors (Lipinski definition) is 6. The number of amides is 1. The van der Waals surface area contributed by atoms with Gasteiger partial charge in [-0.3, -0.25) is 4.79 Å². The molecule has 2 aromatic rings. The molecule has 7 heteroatoms. The number of carbonyl (C=O) groups excluding carboxylic acids is 1. The molecule has 7 nitrogen and oxygen atoms in total. The van der Waals surface area contributed by atoms with Gasteiger partial charge >= 0.3 is 0 Å². The number of carbonyl (C=O) groups is 1. The van der Waals surface area contributed by atoms with E-state index in [1.165, 1.54) is 0 Å². The summed E-state index contributed by atoms with van der Waals surface area (Å²) >= 11 is 0. The van der Waals surface area contributed by atoms with Gasteiger partial charge in [0.25, 0.3) is 0 Å². The zero-order valence-corrected chi connectivity index (χ0v) is 15.9. The molecule has 1 atom stereocenters. The zero-order chi connectivity index (χ0) is 19.3. The fourth-order valence-corrected chi connectivity index (χ4v) is 4.44. The van der Waals surface area contributed by atoms with Crippen LogP contribution in [-0.2, 0) is 17.6 Å². The average Bonchev–Trinajstić information content (AvgIpc) is 3.30. The summed E-state index contributed by atoms with van der Waals surface area (Å²) in [5.41, 5.74) is 5.21. The first-order valence-corrected chi connectivity index (χ1v) is 9.82. The van der Waals surface area contributed by atoms with Gasteiger partial charge in [-0.05, 0) is 55.6 Å². The van der Waals surface area contributed by atoms with Crippen LogP contribution in [0.5, 0.6) is 0 Å². The van der Waals surface area contributed by atoms with Crippen molar-refractivity contribution in [3.05, 3.63) is 46.3 Å². The lowest BCUT2D eigenvalue weighted by Gasteiger charge is -2.33. The predicted octanol–water partition coefficient (Wildman–Crippen LogP) is 1.67. The van der Waals surface area contributed by atoms with E-state index in [-0.39, 0.29) is 5.91 Å². The van der Waals surface area contributed by atoms with E-state index >= 15 is 0 Å². The number of aryl methyl sites for hydroxylation is 1. The summed E-state index contributed by atoms with van der Waals surface area (Å²) in [5.74, 6) is 0.202. The molecule has 1 saturated heterocycles. The SMILES string of the molecule is CN1CCN(c2nc3c(c(C4C(=O)Nc5ccc(C#N)cc54)n2)CCC3)CC1. The Morgan fingerprint density at radius 1 is 1.18 bits per heavy atom. The van der Waals surface area contributed by atoms with Gasteiger partial charge in [-0.25, -0.2) is 9.97 Å². The second-order valence-corrected chi connectivity index (χ2v) is 7.81. The fourth-order valence-electron chi connectivity index (χ4n) is 4.44. The van der Waals surface area contributed by atoms with Crippen LogP contribution in [0.25, 0.3) is 0 Å². The Morgan fingerprint density at radius 2 is 2.00 bits per heavy atom. The van der Waals surface area contributed by atoms with Gasteiger partial charge in [0.1, 0.15) is 5.92 Å². The molecule has 2 aliphatic heterocycles. The molecule has 1 aliphatic carbocycles. The van der Waals surface area contributed by atoms with E-state index in [2.05, 4.69) is 28.2 Å². The first-order chi connectivity index (χ1) is 13.6. The lowest BCUT2D eigenvalue weighted by molar-refractivity contribution is -0.116. The molecule has 5 rings (SSSR count). The second-order valence-electron chi connectivity index (χ2n) is 7.81. The predicted molar refractivity (Wildman–Crippen MR) is 105 cm³/mol. The molecular weight excluding hydrogens is 352 g/mol. The summed E-state index contributed by atoms with van der Waals surface area (Å²) < 4.78 is 0. The zero-order valence-electron chi connectivity index (χ0n) is 15.9. The number of benzene rings is 1. The topological polar surface area (TPSA) is 85.1 Å². The van der Waals surface area contributed by atoms with Crippen molar-refractivity contribution < 1.29 is 4.79 Å². The summed E-state index contributed by atoms with van der Waals surface area (Å²) in [6.45, 7) is 3.74. The molecule has 1 aromatic heterocycles. The van der Waals surface area contributed by atoms with Crippen molar-refractivity contribution in [2.45, 2.75) is 25.2 Å². The molecule has 3 heterocycles. The Morgan fingerprint density at radius 3 is 2.79 bits per heavy atom.